The molecule has 0 saturated carbocycles. The zero-order chi connectivity index (χ0) is 23.8. The average Bonchev–Trinajstić information content (AvgIpc) is 2.66. The molecule has 0 aromatic heterocycles. The molecule has 34 heavy (non-hydrogen) atoms. The topological polar surface area (TPSA) is 80.3 Å². The fourth-order valence-corrected chi connectivity index (χ4v) is 1.31. The van der Waals surface area contributed by atoms with Crippen molar-refractivity contribution in [1.29, 1.82) is 0 Å². The van der Waals surface area contributed by atoms with Crippen LogP contribution in [0.3, 0.4) is 0 Å². The molecule has 0 fully saturated rings. The predicted octanol–water partition coefficient (Wildman–Crippen LogP) is 9.91. The van der Waals surface area contributed by atoms with Gasteiger partial charge in [0.2, 0.25) is 0 Å². The molecule has 0 aliphatic rings. The fourth-order valence-electron chi connectivity index (χ4n) is 1.31. The van der Waals surface area contributed by atoms with Gasteiger partial charge in [-0.15, -0.1) is 0 Å². The van der Waals surface area contributed by atoms with Crippen molar-refractivity contribution in [3.63, 3.8) is 0 Å². The molecule has 0 saturated heterocycles. The first kappa shape index (κ1) is 63.8. The molecule has 0 atom stereocenters. The van der Waals surface area contributed by atoms with Gasteiger partial charge in [0.05, 0.1) is 33.5 Å². The molecule has 0 radical (unpaired) electrons. The zero-order valence-corrected chi connectivity index (χ0v) is 20.9. The number of rotatable bonds is 9. The SMILES string of the molecule is C.C.C.C.C.CCCCC.CCCCC.CCOC(=O)OCC.CCOC(C)=O.CCOOC. The second-order valence-electron chi connectivity index (χ2n) is 5.32. The summed E-state index contributed by atoms with van der Waals surface area (Å²) in [4.78, 5) is 28.5. The zero-order valence-electron chi connectivity index (χ0n) is 20.9. The summed E-state index contributed by atoms with van der Waals surface area (Å²) >= 11 is 0. The van der Waals surface area contributed by atoms with E-state index in [4.69, 9.17) is 0 Å². The molecule has 0 bridgehead atoms. The third kappa shape index (κ3) is 145. The smallest absolute Gasteiger partial charge is 0.466 e. The van der Waals surface area contributed by atoms with Crippen LogP contribution in [0.2, 0.25) is 0 Å². The Hall–Kier alpha value is -1.34. The molecule has 0 spiro atoms. The quantitative estimate of drug-likeness (QED) is 0.175. The fraction of sp³-hybridized carbons (Fsp3) is 0.926. The molecule has 0 heterocycles. The number of unbranched alkanes of at least 4 members (excludes halogenated alkanes) is 4. The van der Waals surface area contributed by atoms with Crippen LogP contribution in [0.5, 0.6) is 0 Å². The molecule has 0 unspecified atom stereocenters. The van der Waals surface area contributed by atoms with Gasteiger partial charge >= 0.3 is 12.1 Å². The lowest BCUT2D eigenvalue weighted by Gasteiger charge is -1.98. The Morgan fingerprint density at radius 2 is 0.824 bits per heavy atom. The monoisotopic (exact) mass is 507 g/mol. The Bertz CT molecular complexity index is 245. The number of hydrogen-bond acceptors (Lipinski definition) is 7. The first-order valence-corrected chi connectivity index (χ1v) is 10.9. The minimum Gasteiger partial charge on any atom is -0.466 e. The maximum absolute atomic E-state index is 10.2. The van der Waals surface area contributed by atoms with Crippen molar-refractivity contribution in [3.8, 4) is 0 Å². The van der Waals surface area contributed by atoms with Gasteiger partial charge in [0.15, 0.2) is 0 Å². The van der Waals surface area contributed by atoms with Crippen molar-refractivity contribution >= 4 is 12.1 Å². The Balaban J connectivity index is -0.0000000258. The summed E-state index contributed by atoms with van der Waals surface area (Å²) in [5.74, 6) is -0.211. The van der Waals surface area contributed by atoms with Crippen LogP contribution < -0.4 is 0 Å². The van der Waals surface area contributed by atoms with Crippen molar-refractivity contribution in [2.75, 3.05) is 33.5 Å². The highest BCUT2D eigenvalue weighted by Crippen LogP contribution is 1.88. The summed E-state index contributed by atoms with van der Waals surface area (Å²) in [6.07, 6.45) is 7.56. The molecule has 220 valence electrons. The highest BCUT2D eigenvalue weighted by atomic mass is 17.2. The van der Waals surface area contributed by atoms with Crippen LogP contribution >= 0.6 is 0 Å². The molecule has 0 N–H and O–H groups in total. The molecule has 0 rings (SSSR count). The lowest BCUT2D eigenvalue weighted by molar-refractivity contribution is -0.268. The van der Waals surface area contributed by atoms with Gasteiger partial charge in [0.25, 0.3) is 0 Å². The van der Waals surface area contributed by atoms with Gasteiger partial charge in [0.1, 0.15) is 0 Å². The van der Waals surface area contributed by atoms with E-state index in [2.05, 4.69) is 51.7 Å². The van der Waals surface area contributed by atoms with E-state index >= 15 is 0 Å². The van der Waals surface area contributed by atoms with E-state index in [-0.39, 0.29) is 43.1 Å². The van der Waals surface area contributed by atoms with E-state index in [9.17, 15) is 9.59 Å². The second kappa shape index (κ2) is 77.0. The summed E-state index contributed by atoms with van der Waals surface area (Å²) < 4.78 is 13.2. The molecule has 0 aliphatic heterocycles. The van der Waals surface area contributed by atoms with Crippen molar-refractivity contribution in [2.24, 2.45) is 0 Å². The average molecular weight is 507 g/mol. The minimum atomic E-state index is -0.588. The van der Waals surface area contributed by atoms with Crippen LogP contribution in [0.25, 0.3) is 0 Å². The van der Waals surface area contributed by atoms with E-state index in [1.54, 1.807) is 20.8 Å². The van der Waals surface area contributed by atoms with Gasteiger partial charge in [-0.2, -0.15) is 0 Å². The van der Waals surface area contributed by atoms with Crippen molar-refractivity contribution in [3.05, 3.63) is 0 Å². The van der Waals surface area contributed by atoms with Crippen LogP contribution in [0.4, 0.5) is 4.79 Å². The maximum Gasteiger partial charge on any atom is 0.508 e. The van der Waals surface area contributed by atoms with Gasteiger partial charge in [-0.1, -0.05) is 103 Å². The molecule has 0 aliphatic carbocycles. The number of carbonyl (C=O) groups is 2. The van der Waals surface area contributed by atoms with Crippen LogP contribution in [0.1, 0.15) is 138 Å². The largest absolute Gasteiger partial charge is 0.508 e. The van der Waals surface area contributed by atoms with Crippen LogP contribution in [-0.4, -0.2) is 45.7 Å². The Morgan fingerprint density at radius 3 is 0.882 bits per heavy atom. The Morgan fingerprint density at radius 1 is 0.529 bits per heavy atom. The van der Waals surface area contributed by atoms with Crippen LogP contribution in [0, 0.1) is 0 Å². The summed E-state index contributed by atoms with van der Waals surface area (Å²) in [5, 5.41) is 0. The van der Waals surface area contributed by atoms with E-state index in [1.165, 1.54) is 52.6 Å². The van der Waals surface area contributed by atoms with E-state index in [0.29, 0.717) is 26.4 Å². The normalized spacial score (nSPS) is 7.00. The summed E-state index contributed by atoms with van der Waals surface area (Å²) in [6, 6.07) is 0. The molecule has 0 aromatic rings. The first-order chi connectivity index (χ1) is 13.8. The number of esters is 1. The van der Waals surface area contributed by atoms with E-state index < -0.39 is 6.16 Å². The summed E-state index contributed by atoms with van der Waals surface area (Å²) in [5.41, 5.74) is 0. The lowest BCUT2D eigenvalue weighted by atomic mass is 10.3. The van der Waals surface area contributed by atoms with Crippen LogP contribution in [0.15, 0.2) is 0 Å². The van der Waals surface area contributed by atoms with E-state index in [1.807, 2.05) is 6.92 Å². The van der Waals surface area contributed by atoms with Gasteiger partial charge < -0.3 is 14.2 Å². The molecular weight excluding hydrogens is 436 g/mol. The lowest BCUT2D eigenvalue weighted by Crippen LogP contribution is -2.05. The standard InChI is InChI=1S/C5H10O3.2C5H12.C4H8O2.C3H8O2.5CH4/c1-3-7-5(6)8-4-2;2*1-3-5-4-2;1-3-6-4(2)5;1-3-5-4-2;;;;;/h3-4H2,1-2H3;2*3-5H2,1-2H3;3H2,1-2H3;3H2,1-2H3;5*1H4. The van der Waals surface area contributed by atoms with E-state index in [0.717, 1.165) is 0 Å². The third-order valence-electron chi connectivity index (χ3n) is 2.52. The van der Waals surface area contributed by atoms with Gasteiger partial charge in [-0.25, -0.2) is 14.6 Å². The Kier molecular flexibility index (Phi) is 144. The molecule has 7 heteroatoms. The number of hydrogen-bond donors (Lipinski definition) is 0. The summed E-state index contributed by atoms with van der Waals surface area (Å²) in [7, 11) is 1.49. The summed E-state index contributed by atoms with van der Waals surface area (Å²) in [6.45, 7) is 19.2. The number of ether oxygens (including phenoxy) is 3. The number of carbonyl (C=O) groups excluding carboxylic acids is 2. The predicted molar refractivity (Wildman–Crippen MR) is 154 cm³/mol. The second-order valence-corrected chi connectivity index (χ2v) is 5.32. The van der Waals surface area contributed by atoms with Crippen molar-refractivity contribution in [1.82, 2.24) is 0 Å². The van der Waals surface area contributed by atoms with Crippen LogP contribution in [-0.2, 0) is 28.8 Å². The Labute approximate surface area is 217 Å². The highest BCUT2D eigenvalue weighted by molar-refractivity contribution is 5.65. The van der Waals surface area contributed by atoms with Gasteiger partial charge in [0, 0.05) is 6.92 Å². The third-order valence-corrected chi connectivity index (χ3v) is 2.52. The molecular formula is C27H70O7. The maximum atomic E-state index is 10.2. The van der Waals surface area contributed by atoms with Crippen molar-refractivity contribution < 1.29 is 33.6 Å². The van der Waals surface area contributed by atoms with Crippen molar-refractivity contribution in [2.45, 2.75) is 138 Å². The minimum absolute atomic E-state index is 0. The molecule has 7 nitrogen and oxygen atoms in total. The van der Waals surface area contributed by atoms with Gasteiger partial charge in [-0.05, 0) is 27.7 Å². The highest BCUT2D eigenvalue weighted by Gasteiger charge is 1.96. The van der Waals surface area contributed by atoms with Gasteiger partial charge in [-0.3, -0.25) is 4.79 Å². The molecule has 0 aromatic carbocycles. The first-order valence-electron chi connectivity index (χ1n) is 10.9. The molecule has 0 amide bonds.